The first-order chi connectivity index (χ1) is 18.8. The van der Waals surface area contributed by atoms with Gasteiger partial charge in [0.05, 0.1) is 17.6 Å². The quantitative estimate of drug-likeness (QED) is 0.304. The summed E-state index contributed by atoms with van der Waals surface area (Å²) in [5, 5.41) is 3.01. The van der Waals surface area contributed by atoms with E-state index in [1.165, 1.54) is 32.0 Å². The standard InChI is InChI=1S/C27H22F9N3O2/c1-24(2,17-10-11-37-22(13-17)26(31,32)33)38-20-14-21(15-4-3-5-19(12-15)41-27(34,35)36)39(23(20)40)18-8-6-16(7-9-18)25(28,29)30/h3-13,20-21,38H,14H2,1-2H3/t20-,21-/m1/s1. The largest absolute Gasteiger partial charge is 0.573 e. The Kier molecular flexibility index (Phi) is 7.76. The summed E-state index contributed by atoms with van der Waals surface area (Å²) in [5.41, 5.74) is -2.96. The Morgan fingerprint density at radius 3 is 2.10 bits per heavy atom. The van der Waals surface area contributed by atoms with Gasteiger partial charge in [0.15, 0.2) is 0 Å². The molecular formula is C27H22F9N3O2. The highest BCUT2D eigenvalue weighted by molar-refractivity contribution is 6.00. The third kappa shape index (κ3) is 6.92. The Bertz CT molecular complexity index is 1400. The number of pyridine rings is 1. The van der Waals surface area contributed by atoms with E-state index in [0.29, 0.717) is 0 Å². The number of benzene rings is 2. The lowest BCUT2D eigenvalue weighted by Gasteiger charge is -2.30. The molecule has 0 bridgehead atoms. The molecule has 1 saturated heterocycles. The van der Waals surface area contributed by atoms with Crippen molar-refractivity contribution in [3.05, 3.63) is 89.2 Å². The molecule has 5 nitrogen and oxygen atoms in total. The van der Waals surface area contributed by atoms with Crippen LogP contribution >= 0.6 is 0 Å². The summed E-state index contributed by atoms with van der Waals surface area (Å²) >= 11 is 0. The van der Waals surface area contributed by atoms with Crippen molar-refractivity contribution >= 4 is 11.6 Å². The lowest BCUT2D eigenvalue weighted by molar-refractivity contribution is -0.274. The molecule has 1 aliphatic rings. The zero-order valence-electron chi connectivity index (χ0n) is 21.3. The van der Waals surface area contributed by atoms with Crippen molar-refractivity contribution in [1.82, 2.24) is 10.3 Å². The van der Waals surface area contributed by atoms with Gasteiger partial charge in [-0.15, -0.1) is 13.2 Å². The van der Waals surface area contributed by atoms with Crippen LogP contribution in [-0.2, 0) is 22.7 Å². The molecule has 1 N–H and O–H groups in total. The van der Waals surface area contributed by atoms with E-state index in [4.69, 9.17) is 0 Å². The average Bonchev–Trinajstić information content (AvgIpc) is 3.17. The fourth-order valence-corrected chi connectivity index (χ4v) is 4.69. The van der Waals surface area contributed by atoms with E-state index in [9.17, 15) is 44.3 Å². The van der Waals surface area contributed by atoms with Crippen LogP contribution < -0.4 is 15.0 Å². The molecule has 3 aromatic rings. The first kappa shape index (κ1) is 30.2. The van der Waals surface area contributed by atoms with Crippen molar-refractivity contribution in [2.75, 3.05) is 4.90 Å². The van der Waals surface area contributed by atoms with E-state index >= 15 is 0 Å². The number of amides is 1. The van der Waals surface area contributed by atoms with Gasteiger partial charge in [-0.2, -0.15) is 26.3 Å². The molecule has 4 rings (SSSR count). The van der Waals surface area contributed by atoms with Crippen LogP contribution in [0, 0.1) is 0 Å². The molecule has 2 aromatic carbocycles. The third-order valence-corrected chi connectivity index (χ3v) is 6.56. The highest BCUT2D eigenvalue weighted by Gasteiger charge is 2.44. The molecule has 1 fully saturated rings. The van der Waals surface area contributed by atoms with Crippen molar-refractivity contribution in [3.8, 4) is 5.75 Å². The Balaban J connectivity index is 1.71. The number of anilines is 1. The number of ether oxygens (including phenoxy) is 1. The lowest BCUT2D eigenvalue weighted by atomic mass is 9.92. The summed E-state index contributed by atoms with van der Waals surface area (Å²) in [6.07, 6.45) is -13.5. The second-order valence-electron chi connectivity index (χ2n) is 9.87. The fraction of sp³-hybridized carbons (Fsp3) is 0.333. The van der Waals surface area contributed by atoms with Crippen LogP contribution in [0.15, 0.2) is 66.9 Å². The molecule has 2 heterocycles. The van der Waals surface area contributed by atoms with Crippen LogP contribution in [0.5, 0.6) is 5.75 Å². The number of rotatable bonds is 6. The summed E-state index contributed by atoms with van der Waals surface area (Å²) in [6, 6.07) is 8.62. The summed E-state index contributed by atoms with van der Waals surface area (Å²) in [6.45, 7) is 3.06. The number of nitrogens with one attached hydrogen (secondary N) is 1. The van der Waals surface area contributed by atoms with Crippen molar-refractivity contribution in [2.24, 2.45) is 0 Å². The van der Waals surface area contributed by atoms with Gasteiger partial charge in [0.1, 0.15) is 11.4 Å². The summed E-state index contributed by atoms with van der Waals surface area (Å²) in [4.78, 5) is 18.1. The van der Waals surface area contributed by atoms with Gasteiger partial charge in [0.25, 0.3) is 0 Å². The second-order valence-corrected chi connectivity index (χ2v) is 9.87. The molecule has 0 radical (unpaired) electrons. The average molecular weight is 591 g/mol. The van der Waals surface area contributed by atoms with Crippen LogP contribution in [0.4, 0.5) is 45.2 Å². The molecule has 1 amide bonds. The van der Waals surface area contributed by atoms with Gasteiger partial charge in [-0.05, 0) is 79.9 Å². The maximum Gasteiger partial charge on any atom is 0.573 e. The molecule has 1 aliphatic heterocycles. The van der Waals surface area contributed by atoms with Crippen LogP contribution in [0.2, 0.25) is 0 Å². The zero-order valence-corrected chi connectivity index (χ0v) is 21.3. The van der Waals surface area contributed by atoms with E-state index < -0.39 is 59.3 Å². The molecule has 220 valence electrons. The van der Waals surface area contributed by atoms with Gasteiger partial charge in [-0.3, -0.25) is 15.1 Å². The normalized spacial score (nSPS) is 18.6. The maximum absolute atomic E-state index is 13.7. The van der Waals surface area contributed by atoms with Gasteiger partial charge in [0.2, 0.25) is 5.91 Å². The second kappa shape index (κ2) is 10.5. The van der Waals surface area contributed by atoms with Crippen LogP contribution in [0.25, 0.3) is 0 Å². The number of hydrogen-bond acceptors (Lipinski definition) is 4. The minimum Gasteiger partial charge on any atom is -0.406 e. The molecule has 0 saturated carbocycles. The minimum absolute atomic E-state index is 0.0421. The van der Waals surface area contributed by atoms with E-state index in [1.807, 2.05) is 0 Å². The molecular weight excluding hydrogens is 569 g/mol. The predicted molar refractivity (Wildman–Crippen MR) is 129 cm³/mol. The van der Waals surface area contributed by atoms with E-state index in [1.54, 1.807) is 0 Å². The van der Waals surface area contributed by atoms with Crippen LogP contribution in [0.3, 0.4) is 0 Å². The Hall–Kier alpha value is -3.81. The maximum atomic E-state index is 13.7. The van der Waals surface area contributed by atoms with Crippen molar-refractivity contribution in [1.29, 1.82) is 0 Å². The zero-order chi connectivity index (χ0) is 30.4. The van der Waals surface area contributed by atoms with Crippen LogP contribution in [-0.4, -0.2) is 23.3 Å². The molecule has 0 unspecified atom stereocenters. The van der Waals surface area contributed by atoms with Gasteiger partial charge < -0.3 is 9.64 Å². The number of hydrogen-bond donors (Lipinski definition) is 1. The molecule has 41 heavy (non-hydrogen) atoms. The summed E-state index contributed by atoms with van der Waals surface area (Å²) in [7, 11) is 0. The highest BCUT2D eigenvalue weighted by Crippen LogP contribution is 2.41. The fourth-order valence-electron chi connectivity index (χ4n) is 4.69. The minimum atomic E-state index is -4.99. The first-order valence-electron chi connectivity index (χ1n) is 12.0. The number of carbonyl (C=O) groups excluding carboxylic acids is 1. The smallest absolute Gasteiger partial charge is 0.406 e. The monoisotopic (exact) mass is 591 g/mol. The van der Waals surface area contributed by atoms with Gasteiger partial charge >= 0.3 is 18.7 Å². The Morgan fingerprint density at radius 2 is 1.51 bits per heavy atom. The number of nitrogens with zero attached hydrogens (tertiary/aromatic N) is 2. The lowest BCUT2D eigenvalue weighted by Crippen LogP contribution is -2.47. The van der Waals surface area contributed by atoms with Crippen LogP contribution in [0.1, 0.15) is 48.7 Å². The number of alkyl halides is 9. The number of carbonyl (C=O) groups is 1. The molecule has 14 heteroatoms. The summed E-state index contributed by atoms with van der Waals surface area (Å²) < 4.78 is 122. The molecule has 1 aromatic heterocycles. The first-order valence-corrected chi connectivity index (χ1v) is 12.0. The Labute approximate surface area is 227 Å². The van der Waals surface area contributed by atoms with E-state index in [-0.39, 0.29) is 23.2 Å². The molecule has 0 spiro atoms. The SMILES string of the molecule is CC(C)(N[C@@H]1C[C@H](c2cccc(OC(F)(F)F)c2)N(c2ccc(C(F)(F)F)cc2)C1=O)c1ccnc(C(F)(F)F)c1. The topological polar surface area (TPSA) is 54.5 Å². The molecule has 2 atom stereocenters. The number of halogens is 9. The van der Waals surface area contributed by atoms with E-state index in [2.05, 4.69) is 15.0 Å². The molecule has 0 aliphatic carbocycles. The predicted octanol–water partition coefficient (Wildman–Crippen LogP) is 7.39. The third-order valence-electron chi connectivity index (χ3n) is 6.56. The van der Waals surface area contributed by atoms with E-state index in [0.717, 1.165) is 53.6 Å². The van der Waals surface area contributed by atoms with Gasteiger partial charge in [-0.1, -0.05) is 12.1 Å². The number of aromatic nitrogens is 1. The van der Waals surface area contributed by atoms with Crippen molar-refractivity contribution in [2.45, 2.75) is 56.6 Å². The van der Waals surface area contributed by atoms with Crippen molar-refractivity contribution in [3.63, 3.8) is 0 Å². The van der Waals surface area contributed by atoms with Gasteiger partial charge in [-0.25, -0.2) is 0 Å². The van der Waals surface area contributed by atoms with Gasteiger partial charge in [0, 0.05) is 17.4 Å². The van der Waals surface area contributed by atoms with Crippen molar-refractivity contribution < 1.29 is 49.0 Å². The highest BCUT2D eigenvalue weighted by atomic mass is 19.4. The Morgan fingerprint density at radius 1 is 0.854 bits per heavy atom. The summed E-state index contributed by atoms with van der Waals surface area (Å²) in [5.74, 6) is -1.21.